The van der Waals surface area contributed by atoms with Gasteiger partial charge in [0.15, 0.2) is 0 Å². The molecule has 0 spiro atoms. The zero-order chi connectivity index (χ0) is 18.1. The lowest BCUT2D eigenvalue weighted by atomic mass is 10.2. The van der Waals surface area contributed by atoms with Gasteiger partial charge in [0.2, 0.25) is 0 Å². The van der Waals surface area contributed by atoms with Gasteiger partial charge in [0.25, 0.3) is 5.91 Å². The molecule has 0 bridgehead atoms. The summed E-state index contributed by atoms with van der Waals surface area (Å²) in [6.07, 6.45) is 0.174. The highest BCUT2D eigenvalue weighted by molar-refractivity contribution is 7.09. The number of aliphatic hydroxyl groups is 1. The van der Waals surface area contributed by atoms with Gasteiger partial charge < -0.3 is 14.6 Å². The van der Waals surface area contributed by atoms with Gasteiger partial charge in [-0.25, -0.2) is 10.2 Å². The number of nitrogens with zero attached hydrogens (tertiary/aromatic N) is 1. The third kappa shape index (κ3) is 6.62. The summed E-state index contributed by atoms with van der Waals surface area (Å²) in [6, 6.07) is 3.56. The van der Waals surface area contributed by atoms with Crippen LogP contribution in [0.25, 0.3) is 0 Å². The smallest absolute Gasteiger partial charge is 0.426 e. The van der Waals surface area contributed by atoms with Gasteiger partial charge in [0.1, 0.15) is 0 Å². The number of hydrogen-bond donors (Lipinski definition) is 3. The topological polar surface area (TPSA) is 100 Å². The number of carbonyl (C=O) groups is 2. The van der Waals surface area contributed by atoms with Crippen LogP contribution in [0, 0.1) is 0 Å². The quantitative estimate of drug-likeness (QED) is 0.586. The SMILES string of the molecule is CCOC(=O)NNC(=O)[C@H]1CCCN1C[C@H](O)COCc1cccs1. The number of ether oxygens (including phenoxy) is 2. The minimum atomic E-state index is -0.692. The fraction of sp³-hybridized carbons (Fsp3) is 0.625. The van der Waals surface area contributed by atoms with E-state index in [0.29, 0.717) is 19.6 Å². The number of nitrogens with one attached hydrogen (secondary N) is 2. The molecule has 0 saturated carbocycles. The number of likely N-dealkylation sites (tertiary alicyclic amines) is 1. The summed E-state index contributed by atoms with van der Waals surface area (Å²) < 4.78 is 10.2. The lowest BCUT2D eigenvalue weighted by Crippen LogP contribution is -2.51. The van der Waals surface area contributed by atoms with Gasteiger partial charge in [-0.15, -0.1) is 11.3 Å². The highest BCUT2D eigenvalue weighted by atomic mass is 32.1. The van der Waals surface area contributed by atoms with Crippen LogP contribution in [-0.2, 0) is 20.9 Å². The number of rotatable bonds is 8. The molecular weight excluding hydrogens is 346 g/mol. The molecule has 2 amide bonds. The fourth-order valence-corrected chi connectivity index (χ4v) is 3.36. The van der Waals surface area contributed by atoms with Gasteiger partial charge in [0.05, 0.1) is 32.0 Å². The van der Waals surface area contributed by atoms with Gasteiger partial charge in [0, 0.05) is 11.4 Å². The van der Waals surface area contributed by atoms with Crippen molar-refractivity contribution >= 4 is 23.3 Å². The van der Waals surface area contributed by atoms with E-state index in [0.717, 1.165) is 17.8 Å². The standard InChI is InChI=1S/C16H25N3O5S/c1-2-24-16(22)18-17-15(21)14-6-3-7-19(14)9-12(20)10-23-11-13-5-4-8-25-13/h4-5,8,12,14,20H,2-3,6-7,9-11H2,1H3,(H,17,21)(H,18,22)/t12-,14+/m0/s1. The number of hydrazine groups is 1. The predicted molar refractivity (Wildman–Crippen MR) is 92.9 cm³/mol. The largest absolute Gasteiger partial charge is 0.449 e. The first kappa shape index (κ1) is 19.6. The molecule has 1 saturated heterocycles. The van der Waals surface area contributed by atoms with Crippen molar-refractivity contribution in [1.82, 2.24) is 15.8 Å². The molecule has 9 heteroatoms. The Labute approximate surface area is 151 Å². The summed E-state index contributed by atoms with van der Waals surface area (Å²) in [6.45, 7) is 3.67. The van der Waals surface area contributed by atoms with Crippen molar-refractivity contribution in [1.29, 1.82) is 0 Å². The Balaban J connectivity index is 1.70. The second-order valence-electron chi connectivity index (χ2n) is 5.74. The minimum absolute atomic E-state index is 0.212. The Hall–Kier alpha value is -1.68. The van der Waals surface area contributed by atoms with Gasteiger partial charge >= 0.3 is 6.09 Å². The van der Waals surface area contributed by atoms with Crippen LogP contribution in [0.3, 0.4) is 0 Å². The number of amides is 2. The number of thiophene rings is 1. The van der Waals surface area contributed by atoms with E-state index in [-0.39, 0.29) is 25.2 Å². The molecule has 1 aliphatic rings. The average Bonchev–Trinajstić information content (AvgIpc) is 3.25. The summed E-state index contributed by atoms with van der Waals surface area (Å²) in [5.74, 6) is -0.308. The number of aliphatic hydroxyl groups excluding tert-OH is 1. The summed E-state index contributed by atoms with van der Waals surface area (Å²) in [4.78, 5) is 26.4. The first-order valence-electron chi connectivity index (χ1n) is 8.35. The first-order valence-corrected chi connectivity index (χ1v) is 9.23. The molecule has 3 N–H and O–H groups in total. The molecule has 1 aliphatic heterocycles. The van der Waals surface area contributed by atoms with E-state index >= 15 is 0 Å². The molecule has 140 valence electrons. The van der Waals surface area contributed by atoms with Crippen LogP contribution in [0.1, 0.15) is 24.6 Å². The maximum atomic E-state index is 12.2. The van der Waals surface area contributed by atoms with Crippen LogP contribution < -0.4 is 10.9 Å². The van der Waals surface area contributed by atoms with Crippen molar-refractivity contribution in [3.8, 4) is 0 Å². The van der Waals surface area contributed by atoms with Gasteiger partial charge in [-0.2, -0.15) is 0 Å². The van der Waals surface area contributed by atoms with Crippen LogP contribution >= 0.6 is 11.3 Å². The monoisotopic (exact) mass is 371 g/mol. The molecular formula is C16H25N3O5S. The van der Waals surface area contributed by atoms with Crippen molar-refractivity contribution < 1.29 is 24.2 Å². The Morgan fingerprint density at radius 3 is 3.04 bits per heavy atom. The van der Waals surface area contributed by atoms with E-state index in [9.17, 15) is 14.7 Å². The molecule has 0 radical (unpaired) electrons. The van der Waals surface area contributed by atoms with Crippen molar-refractivity contribution in [3.63, 3.8) is 0 Å². The van der Waals surface area contributed by atoms with Crippen LogP contribution in [0.2, 0.25) is 0 Å². The molecule has 8 nitrogen and oxygen atoms in total. The summed E-state index contributed by atoms with van der Waals surface area (Å²) >= 11 is 1.61. The fourth-order valence-electron chi connectivity index (χ4n) is 2.72. The zero-order valence-electron chi connectivity index (χ0n) is 14.3. The third-order valence-electron chi connectivity index (χ3n) is 3.81. The van der Waals surface area contributed by atoms with Crippen LogP contribution in [-0.4, -0.2) is 60.5 Å². The van der Waals surface area contributed by atoms with Gasteiger partial charge in [-0.1, -0.05) is 6.07 Å². The molecule has 0 aliphatic carbocycles. The van der Waals surface area contributed by atoms with Crippen LogP contribution in [0.4, 0.5) is 4.79 Å². The molecule has 1 aromatic rings. The first-order chi connectivity index (χ1) is 12.1. The van der Waals surface area contributed by atoms with E-state index in [1.54, 1.807) is 18.3 Å². The highest BCUT2D eigenvalue weighted by Gasteiger charge is 2.32. The highest BCUT2D eigenvalue weighted by Crippen LogP contribution is 2.18. The van der Waals surface area contributed by atoms with Gasteiger partial charge in [-0.05, 0) is 37.8 Å². The normalized spacial score (nSPS) is 18.7. The van der Waals surface area contributed by atoms with E-state index in [2.05, 4.69) is 15.6 Å². The maximum absolute atomic E-state index is 12.2. The molecule has 2 rings (SSSR count). The third-order valence-corrected chi connectivity index (χ3v) is 4.66. The summed E-state index contributed by atoms with van der Waals surface area (Å²) in [5, 5.41) is 12.1. The van der Waals surface area contributed by atoms with E-state index in [1.165, 1.54) is 0 Å². The molecule has 1 fully saturated rings. The van der Waals surface area contributed by atoms with Gasteiger partial charge in [-0.3, -0.25) is 15.1 Å². The Bertz CT molecular complexity index is 540. The predicted octanol–water partition coefficient (Wildman–Crippen LogP) is 0.867. The second kappa shape index (κ2) is 10.3. The van der Waals surface area contributed by atoms with Crippen molar-refractivity contribution in [2.24, 2.45) is 0 Å². The second-order valence-corrected chi connectivity index (χ2v) is 6.77. The van der Waals surface area contributed by atoms with E-state index < -0.39 is 12.2 Å². The molecule has 0 aromatic carbocycles. The number of β-amino-alcohol motifs (C(OH)–C–C–N with tert-alkyl or cyclic N) is 1. The number of carbonyl (C=O) groups excluding carboxylic acids is 2. The Morgan fingerprint density at radius 2 is 2.32 bits per heavy atom. The minimum Gasteiger partial charge on any atom is -0.449 e. The Kier molecular flexibility index (Phi) is 8.13. The maximum Gasteiger partial charge on any atom is 0.426 e. The van der Waals surface area contributed by atoms with Crippen molar-refractivity contribution in [2.45, 2.75) is 38.5 Å². The number of hydrogen-bond acceptors (Lipinski definition) is 7. The van der Waals surface area contributed by atoms with E-state index in [1.807, 2.05) is 22.4 Å². The summed E-state index contributed by atoms with van der Waals surface area (Å²) in [7, 11) is 0. The lowest BCUT2D eigenvalue weighted by Gasteiger charge is -2.25. The van der Waals surface area contributed by atoms with E-state index in [4.69, 9.17) is 4.74 Å². The summed E-state index contributed by atoms with van der Waals surface area (Å²) in [5.41, 5.74) is 4.57. The van der Waals surface area contributed by atoms with Crippen LogP contribution in [0.15, 0.2) is 17.5 Å². The lowest BCUT2D eigenvalue weighted by molar-refractivity contribution is -0.127. The molecule has 25 heavy (non-hydrogen) atoms. The van der Waals surface area contributed by atoms with Crippen LogP contribution in [0.5, 0.6) is 0 Å². The zero-order valence-corrected chi connectivity index (χ0v) is 15.1. The molecule has 0 unspecified atom stereocenters. The average molecular weight is 371 g/mol. The molecule has 2 heterocycles. The molecule has 1 aromatic heterocycles. The Morgan fingerprint density at radius 1 is 1.48 bits per heavy atom. The van der Waals surface area contributed by atoms with Crippen molar-refractivity contribution in [2.75, 3.05) is 26.3 Å². The molecule has 2 atom stereocenters. The van der Waals surface area contributed by atoms with Crippen molar-refractivity contribution in [3.05, 3.63) is 22.4 Å².